The maximum absolute atomic E-state index is 14.0. The summed E-state index contributed by atoms with van der Waals surface area (Å²) in [6.45, 7) is 3.78. The van der Waals surface area contributed by atoms with Crippen LogP contribution in [0.2, 0.25) is 0 Å². The number of ether oxygens (including phenoxy) is 2. The molecular formula is C31H28O5S. The molecule has 6 rings (SSSR count). The highest BCUT2D eigenvalue weighted by Crippen LogP contribution is 2.55. The molecule has 0 spiro atoms. The summed E-state index contributed by atoms with van der Waals surface area (Å²) in [7, 11) is 0. The maximum atomic E-state index is 14.0. The molecule has 0 amide bonds. The zero-order valence-electron chi connectivity index (χ0n) is 20.7. The molecule has 0 N–H and O–H groups in total. The molecule has 5 nitrogen and oxygen atoms in total. The van der Waals surface area contributed by atoms with Crippen molar-refractivity contribution in [2.24, 2.45) is 0 Å². The third kappa shape index (κ3) is 3.97. The maximum Gasteiger partial charge on any atom is 0.307 e. The van der Waals surface area contributed by atoms with Gasteiger partial charge in [0.1, 0.15) is 12.2 Å². The normalized spacial score (nSPS) is 24.2. The Balaban J connectivity index is 1.69. The Morgan fingerprint density at radius 2 is 0.784 bits per heavy atom. The monoisotopic (exact) mass is 512 g/mol. The fourth-order valence-corrected chi connectivity index (χ4v) is 6.65. The molecule has 37 heavy (non-hydrogen) atoms. The van der Waals surface area contributed by atoms with Crippen LogP contribution in [0, 0.1) is 0 Å². The van der Waals surface area contributed by atoms with E-state index in [1.807, 2.05) is 135 Å². The van der Waals surface area contributed by atoms with E-state index in [0.717, 1.165) is 22.3 Å². The smallest absolute Gasteiger partial charge is 0.307 e. The van der Waals surface area contributed by atoms with Crippen LogP contribution >= 0.6 is 0 Å². The molecule has 2 atom stereocenters. The van der Waals surface area contributed by atoms with Crippen LogP contribution in [-0.2, 0) is 40.4 Å². The second-order valence-electron chi connectivity index (χ2n) is 9.78. The van der Waals surface area contributed by atoms with E-state index in [1.165, 1.54) is 0 Å². The van der Waals surface area contributed by atoms with Crippen molar-refractivity contribution in [2.45, 2.75) is 43.0 Å². The molecule has 0 bridgehead atoms. The standard InChI is InChI=1S/C31H28O5S/c1-29(2)33-27-28(34-29)31(25-19-11-5-12-20-25,26-21-13-6-14-22-26)36-37(32)35-30(27,23-15-7-3-8-16-23)24-17-9-4-10-18-24/h3-22,27-28H,1-2H3/t27-,28-/m1/s1. The first-order chi connectivity index (χ1) is 18.0. The molecule has 0 aliphatic carbocycles. The average Bonchev–Trinajstić information content (AvgIpc) is 3.23. The van der Waals surface area contributed by atoms with Gasteiger partial charge in [0.05, 0.1) is 0 Å². The van der Waals surface area contributed by atoms with Gasteiger partial charge in [-0.3, -0.25) is 0 Å². The van der Waals surface area contributed by atoms with Gasteiger partial charge in [-0.05, 0) is 36.1 Å². The highest BCUT2D eigenvalue weighted by atomic mass is 32.2. The van der Waals surface area contributed by atoms with Crippen LogP contribution in [0.1, 0.15) is 36.1 Å². The lowest BCUT2D eigenvalue weighted by molar-refractivity contribution is -0.173. The van der Waals surface area contributed by atoms with Gasteiger partial charge in [-0.1, -0.05) is 121 Å². The van der Waals surface area contributed by atoms with Gasteiger partial charge in [0, 0.05) is 0 Å². The molecule has 0 radical (unpaired) electrons. The van der Waals surface area contributed by atoms with E-state index in [9.17, 15) is 4.21 Å². The molecule has 0 unspecified atom stereocenters. The molecule has 0 aromatic heterocycles. The fourth-order valence-electron chi connectivity index (χ4n) is 5.61. The number of rotatable bonds is 4. The van der Waals surface area contributed by atoms with E-state index in [1.54, 1.807) is 0 Å². The Labute approximate surface area is 219 Å². The summed E-state index contributed by atoms with van der Waals surface area (Å²) in [5, 5.41) is 0. The summed E-state index contributed by atoms with van der Waals surface area (Å²) >= 11 is -2.19. The Morgan fingerprint density at radius 1 is 0.514 bits per heavy atom. The van der Waals surface area contributed by atoms with Crippen molar-refractivity contribution in [2.75, 3.05) is 0 Å². The van der Waals surface area contributed by atoms with Gasteiger partial charge < -0.3 is 9.47 Å². The van der Waals surface area contributed by atoms with Crippen molar-refractivity contribution in [3.05, 3.63) is 144 Å². The minimum absolute atomic E-state index is 0.723. The third-order valence-corrected chi connectivity index (χ3v) is 7.91. The second kappa shape index (κ2) is 9.31. The van der Waals surface area contributed by atoms with Crippen LogP contribution in [-0.4, -0.2) is 22.2 Å². The average molecular weight is 513 g/mol. The van der Waals surface area contributed by atoms with E-state index in [2.05, 4.69) is 0 Å². The molecule has 2 aliphatic rings. The van der Waals surface area contributed by atoms with Crippen molar-refractivity contribution in [3.8, 4) is 0 Å². The summed E-state index contributed by atoms with van der Waals surface area (Å²) in [5.41, 5.74) is 0.629. The van der Waals surface area contributed by atoms with Crippen LogP contribution < -0.4 is 0 Å². The summed E-state index contributed by atoms with van der Waals surface area (Å²) in [4.78, 5) is 0. The van der Waals surface area contributed by atoms with Gasteiger partial charge in [0.2, 0.25) is 0 Å². The zero-order chi connectivity index (χ0) is 25.5. The molecule has 6 heteroatoms. The predicted octanol–water partition coefficient (Wildman–Crippen LogP) is 6.02. The molecule has 2 fully saturated rings. The Morgan fingerprint density at radius 3 is 1.05 bits per heavy atom. The van der Waals surface area contributed by atoms with Gasteiger partial charge in [-0.15, -0.1) is 0 Å². The highest BCUT2D eigenvalue weighted by molar-refractivity contribution is 7.75. The SMILES string of the molecule is CC1(C)O[C@@H]2[C@@H](O1)C(c1ccccc1)(c1ccccc1)OS(=O)OC2(c1ccccc1)c1ccccc1. The molecule has 2 saturated heterocycles. The first-order valence-corrected chi connectivity index (χ1v) is 13.3. The number of fused-ring (bicyclic) bond motifs is 1. The highest BCUT2D eigenvalue weighted by Gasteiger charge is 2.67. The van der Waals surface area contributed by atoms with Crippen LogP contribution in [0.3, 0.4) is 0 Å². The lowest BCUT2D eigenvalue weighted by Gasteiger charge is -2.41. The second-order valence-corrected chi connectivity index (χ2v) is 10.5. The van der Waals surface area contributed by atoms with E-state index in [-0.39, 0.29) is 0 Å². The molecule has 4 aromatic carbocycles. The molecule has 0 saturated carbocycles. The van der Waals surface area contributed by atoms with Gasteiger partial charge in [0.25, 0.3) is 0 Å². The van der Waals surface area contributed by atoms with Crippen molar-refractivity contribution in [1.29, 1.82) is 0 Å². The quantitative estimate of drug-likeness (QED) is 0.335. The van der Waals surface area contributed by atoms with Crippen LogP contribution in [0.4, 0.5) is 0 Å². The number of hydrogen-bond acceptors (Lipinski definition) is 5. The van der Waals surface area contributed by atoms with Crippen molar-refractivity contribution < 1.29 is 22.0 Å². The summed E-state index contributed by atoms with van der Waals surface area (Å²) in [6.07, 6.45) is -1.45. The van der Waals surface area contributed by atoms with E-state index >= 15 is 0 Å². The first kappa shape index (κ1) is 24.2. The molecule has 2 aliphatic heterocycles. The Bertz CT molecular complexity index is 1190. The summed E-state index contributed by atoms with van der Waals surface area (Å²) in [6, 6.07) is 39.0. The topological polar surface area (TPSA) is 54.0 Å². The fraction of sp³-hybridized carbons (Fsp3) is 0.226. The summed E-state index contributed by atoms with van der Waals surface area (Å²) in [5.74, 6) is -0.968. The number of hydrogen-bond donors (Lipinski definition) is 0. The third-order valence-electron chi connectivity index (χ3n) is 7.11. The minimum atomic E-state index is -2.19. The van der Waals surface area contributed by atoms with Crippen LogP contribution in [0.15, 0.2) is 121 Å². The van der Waals surface area contributed by atoms with E-state index in [0.29, 0.717) is 0 Å². The largest absolute Gasteiger partial charge is 0.341 e. The number of benzene rings is 4. The lowest BCUT2D eigenvalue weighted by atomic mass is 9.72. The summed E-state index contributed by atoms with van der Waals surface area (Å²) < 4.78 is 40.5. The van der Waals surface area contributed by atoms with Crippen molar-refractivity contribution in [1.82, 2.24) is 0 Å². The van der Waals surface area contributed by atoms with E-state index in [4.69, 9.17) is 17.8 Å². The Kier molecular flexibility index (Phi) is 6.10. The van der Waals surface area contributed by atoms with Crippen LogP contribution in [0.25, 0.3) is 0 Å². The van der Waals surface area contributed by atoms with Crippen molar-refractivity contribution in [3.63, 3.8) is 0 Å². The zero-order valence-corrected chi connectivity index (χ0v) is 21.5. The van der Waals surface area contributed by atoms with Gasteiger partial charge >= 0.3 is 11.4 Å². The van der Waals surface area contributed by atoms with E-state index < -0.39 is 40.6 Å². The molecule has 2 heterocycles. The molecular weight excluding hydrogens is 484 g/mol. The van der Waals surface area contributed by atoms with Gasteiger partial charge in [-0.25, -0.2) is 8.37 Å². The first-order valence-electron chi connectivity index (χ1n) is 12.3. The Hall–Kier alpha value is -3.13. The van der Waals surface area contributed by atoms with Crippen molar-refractivity contribution >= 4 is 11.4 Å². The molecule has 4 aromatic rings. The predicted molar refractivity (Wildman–Crippen MR) is 141 cm³/mol. The van der Waals surface area contributed by atoms with Crippen LogP contribution in [0.5, 0.6) is 0 Å². The van der Waals surface area contributed by atoms with Gasteiger partial charge in [0.15, 0.2) is 17.0 Å². The lowest BCUT2D eigenvalue weighted by Crippen LogP contribution is -2.53. The van der Waals surface area contributed by atoms with Gasteiger partial charge in [-0.2, -0.15) is 4.21 Å². The minimum Gasteiger partial charge on any atom is -0.341 e. The molecule has 188 valence electrons.